The lowest BCUT2D eigenvalue weighted by molar-refractivity contribution is 0.0953. The molecule has 3 N–H and O–H groups in total. The summed E-state index contributed by atoms with van der Waals surface area (Å²) < 4.78 is 23.9. The van der Waals surface area contributed by atoms with Crippen LogP contribution in [0.2, 0.25) is 0 Å². The van der Waals surface area contributed by atoms with Crippen molar-refractivity contribution in [3.63, 3.8) is 0 Å². The highest BCUT2D eigenvalue weighted by Gasteiger charge is 2.10. The van der Waals surface area contributed by atoms with E-state index in [-0.39, 0.29) is 12.4 Å². The number of nitrogen functional groups attached to an aromatic ring is 1. The maximum Gasteiger partial charge on any atom is 0.265 e. The van der Waals surface area contributed by atoms with Crippen LogP contribution in [0, 0.1) is 5.82 Å². The topological polar surface area (TPSA) is 73.6 Å². The van der Waals surface area contributed by atoms with Gasteiger partial charge in [0.15, 0.2) is 11.5 Å². The molecule has 2 aromatic rings. The van der Waals surface area contributed by atoms with Gasteiger partial charge in [-0.3, -0.25) is 10.2 Å². The number of halogens is 1. The molecule has 0 saturated heterocycles. The van der Waals surface area contributed by atoms with Crippen molar-refractivity contribution in [3.8, 4) is 11.5 Å². The number of carbonyl (C=O) groups excluding carboxylic acids is 1. The van der Waals surface area contributed by atoms with E-state index in [1.807, 2.05) is 5.43 Å². The summed E-state index contributed by atoms with van der Waals surface area (Å²) in [6.45, 7) is 0.155. The van der Waals surface area contributed by atoms with Gasteiger partial charge in [-0.2, -0.15) is 0 Å². The molecule has 0 bridgehead atoms. The average molecular weight is 290 g/mol. The van der Waals surface area contributed by atoms with E-state index in [2.05, 4.69) is 0 Å². The van der Waals surface area contributed by atoms with E-state index >= 15 is 0 Å². The predicted octanol–water partition coefficient (Wildman–Crippen LogP) is 2.02. The summed E-state index contributed by atoms with van der Waals surface area (Å²) in [5.41, 5.74) is 3.05. The lowest BCUT2D eigenvalue weighted by Gasteiger charge is -2.12. The summed E-state index contributed by atoms with van der Waals surface area (Å²) in [5.74, 6) is 5.17. The van der Waals surface area contributed by atoms with E-state index in [9.17, 15) is 9.18 Å². The minimum atomic E-state index is -0.437. The first-order chi connectivity index (χ1) is 10.1. The number of carbonyl (C=O) groups is 1. The smallest absolute Gasteiger partial charge is 0.265 e. The largest absolute Gasteiger partial charge is 0.493 e. The molecular weight excluding hydrogens is 275 g/mol. The Balaban J connectivity index is 2.19. The maximum atomic E-state index is 13.1. The summed E-state index contributed by atoms with van der Waals surface area (Å²) in [7, 11) is 1.49. The summed E-state index contributed by atoms with van der Waals surface area (Å²) in [5, 5.41) is 0. The molecule has 0 aliphatic rings. The summed E-state index contributed by atoms with van der Waals surface area (Å²) >= 11 is 0. The Bertz CT molecular complexity index is 647. The van der Waals surface area contributed by atoms with E-state index in [0.29, 0.717) is 22.6 Å². The molecule has 0 atom stereocenters. The predicted molar refractivity (Wildman–Crippen MR) is 75.4 cm³/mol. The Labute approximate surface area is 121 Å². The van der Waals surface area contributed by atoms with E-state index < -0.39 is 5.91 Å². The standard InChI is InChI=1S/C15H15FN2O3/c1-20-13-6-5-11(15(19)18-17)8-14(13)21-9-10-3-2-4-12(16)7-10/h2-8H,9,17H2,1H3,(H,18,19). The van der Waals surface area contributed by atoms with Crippen molar-refractivity contribution in [2.75, 3.05) is 7.11 Å². The number of ether oxygens (including phenoxy) is 2. The van der Waals surface area contributed by atoms with E-state index in [4.69, 9.17) is 15.3 Å². The first-order valence-corrected chi connectivity index (χ1v) is 6.20. The van der Waals surface area contributed by atoms with Crippen LogP contribution < -0.4 is 20.7 Å². The van der Waals surface area contributed by atoms with E-state index in [1.54, 1.807) is 24.3 Å². The molecule has 0 aliphatic carbocycles. The molecule has 2 aromatic carbocycles. The van der Waals surface area contributed by atoms with Crippen LogP contribution in [0.25, 0.3) is 0 Å². The highest BCUT2D eigenvalue weighted by Crippen LogP contribution is 2.28. The molecule has 0 radical (unpaired) electrons. The lowest BCUT2D eigenvalue weighted by Crippen LogP contribution is -2.29. The molecule has 0 unspecified atom stereocenters. The van der Waals surface area contributed by atoms with Gasteiger partial charge in [-0.1, -0.05) is 12.1 Å². The Kier molecular flexibility index (Phi) is 4.73. The number of nitrogens with one attached hydrogen (secondary N) is 1. The third-order valence-corrected chi connectivity index (χ3v) is 2.84. The van der Waals surface area contributed by atoms with Gasteiger partial charge in [0.1, 0.15) is 12.4 Å². The molecule has 2 rings (SSSR count). The Hall–Kier alpha value is -2.60. The molecule has 1 amide bonds. The van der Waals surface area contributed by atoms with Crippen LogP contribution in [0.3, 0.4) is 0 Å². The zero-order valence-corrected chi connectivity index (χ0v) is 11.4. The van der Waals surface area contributed by atoms with Gasteiger partial charge in [-0.15, -0.1) is 0 Å². The zero-order chi connectivity index (χ0) is 15.2. The van der Waals surface area contributed by atoms with E-state index in [1.165, 1.54) is 25.3 Å². The number of hydrogen-bond donors (Lipinski definition) is 2. The van der Waals surface area contributed by atoms with Crippen LogP contribution in [0.5, 0.6) is 11.5 Å². The highest BCUT2D eigenvalue weighted by molar-refractivity contribution is 5.94. The van der Waals surface area contributed by atoms with Crippen LogP contribution in [0.15, 0.2) is 42.5 Å². The van der Waals surface area contributed by atoms with Crippen LogP contribution in [-0.2, 0) is 6.61 Å². The Morgan fingerprint density at radius 3 is 2.71 bits per heavy atom. The number of amides is 1. The monoisotopic (exact) mass is 290 g/mol. The van der Waals surface area contributed by atoms with Gasteiger partial charge in [0.05, 0.1) is 7.11 Å². The maximum absolute atomic E-state index is 13.1. The zero-order valence-electron chi connectivity index (χ0n) is 11.4. The minimum absolute atomic E-state index is 0.155. The van der Waals surface area contributed by atoms with Crippen molar-refractivity contribution in [1.29, 1.82) is 0 Å². The summed E-state index contributed by atoms with van der Waals surface area (Å²) in [6, 6.07) is 10.8. The third kappa shape index (κ3) is 3.70. The molecular formula is C15H15FN2O3. The van der Waals surface area contributed by atoms with Gasteiger partial charge < -0.3 is 9.47 Å². The number of benzene rings is 2. The fourth-order valence-corrected chi connectivity index (χ4v) is 1.80. The van der Waals surface area contributed by atoms with Gasteiger partial charge in [-0.25, -0.2) is 10.2 Å². The second kappa shape index (κ2) is 6.71. The first kappa shape index (κ1) is 14.8. The number of nitrogens with two attached hydrogens (primary N) is 1. The van der Waals surface area contributed by atoms with Crippen LogP contribution in [0.4, 0.5) is 4.39 Å². The molecule has 0 aromatic heterocycles. The van der Waals surface area contributed by atoms with Crippen LogP contribution in [-0.4, -0.2) is 13.0 Å². The Morgan fingerprint density at radius 1 is 1.24 bits per heavy atom. The van der Waals surface area contributed by atoms with Crippen molar-refractivity contribution in [3.05, 3.63) is 59.4 Å². The molecule has 21 heavy (non-hydrogen) atoms. The number of hydrogen-bond acceptors (Lipinski definition) is 4. The summed E-state index contributed by atoms with van der Waals surface area (Å²) in [4.78, 5) is 11.5. The van der Waals surface area contributed by atoms with Gasteiger partial charge in [0.2, 0.25) is 0 Å². The summed E-state index contributed by atoms with van der Waals surface area (Å²) in [6.07, 6.45) is 0. The van der Waals surface area contributed by atoms with Crippen molar-refractivity contribution in [1.82, 2.24) is 5.43 Å². The average Bonchev–Trinajstić information content (AvgIpc) is 2.52. The molecule has 0 heterocycles. The second-order valence-corrected chi connectivity index (χ2v) is 4.26. The molecule has 0 saturated carbocycles. The third-order valence-electron chi connectivity index (χ3n) is 2.84. The van der Waals surface area contributed by atoms with Gasteiger partial charge in [0.25, 0.3) is 5.91 Å². The van der Waals surface area contributed by atoms with Gasteiger partial charge in [0, 0.05) is 5.56 Å². The Morgan fingerprint density at radius 2 is 2.05 bits per heavy atom. The number of hydrazine groups is 1. The van der Waals surface area contributed by atoms with E-state index in [0.717, 1.165) is 0 Å². The normalized spacial score (nSPS) is 10.0. The van der Waals surface area contributed by atoms with Gasteiger partial charge in [-0.05, 0) is 35.9 Å². The minimum Gasteiger partial charge on any atom is -0.493 e. The van der Waals surface area contributed by atoms with Crippen LogP contribution in [0.1, 0.15) is 15.9 Å². The molecule has 6 heteroatoms. The first-order valence-electron chi connectivity index (χ1n) is 6.20. The van der Waals surface area contributed by atoms with Crippen LogP contribution >= 0.6 is 0 Å². The fourth-order valence-electron chi connectivity index (χ4n) is 1.80. The van der Waals surface area contributed by atoms with Crippen molar-refractivity contribution < 1.29 is 18.7 Å². The SMILES string of the molecule is COc1ccc(C(=O)NN)cc1OCc1cccc(F)c1. The number of rotatable bonds is 5. The highest BCUT2D eigenvalue weighted by atomic mass is 19.1. The second-order valence-electron chi connectivity index (χ2n) is 4.26. The molecule has 110 valence electrons. The molecule has 0 spiro atoms. The van der Waals surface area contributed by atoms with Crippen molar-refractivity contribution in [2.45, 2.75) is 6.61 Å². The molecule has 0 fully saturated rings. The van der Waals surface area contributed by atoms with Crippen molar-refractivity contribution in [2.24, 2.45) is 5.84 Å². The van der Waals surface area contributed by atoms with Crippen molar-refractivity contribution >= 4 is 5.91 Å². The molecule has 0 aliphatic heterocycles. The lowest BCUT2D eigenvalue weighted by atomic mass is 10.2. The molecule has 5 nitrogen and oxygen atoms in total. The quantitative estimate of drug-likeness (QED) is 0.502. The number of methoxy groups -OCH3 is 1. The van der Waals surface area contributed by atoms with Gasteiger partial charge >= 0.3 is 0 Å². The fraction of sp³-hybridized carbons (Fsp3) is 0.133.